The fourth-order valence-electron chi connectivity index (χ4n) is 3.21. The lowest BCUT2D eigenvalue weighted by Gasteiger charge is -2.45. The van der Waals surface area contributed by atoms with E-state index in [1.165, 1.54) is 16.7 Å². The third-order valence-corrected chi connectivity index (χ3v) is 3.95. The molecule has 1 atom stereocenters. The summed E-state index contributed by atoms with van der Waals surface area (Å²) >= 11 is 0. The van der Waals surface area contributed by atoms with Crippen LogP contribution in [0.3, 0.4) is 0 Å². The molecule has 0 radical (unpaired) electrons. The van der Waals surface area contributed by atoms with E-state index in [2.05, 4.69) is 69.3 Å². The van der Waals surface area contributed by atoms with Gasteiger partial charge in [0, 0.05) is 6.42 Å². The molecule has 1 heterocycles. The highest BCUT2D eigenvalue weighted by Crippen LogP contribution is 2.44. The number of ether oxygens (including phenoxy) is 1. The molecule has 0 saturated heterocycles. The van der Waals surface area contributed by atoms with E-state index in [0.717, 1.165) is 6.42 Å². The van der Waals surface area contributed by atoms with Crippen LogP contribution in [0.15, 0.2) is 54.6 Å². The molecule has 3 rings (SSSR count). The maximum Gasteiger partial charge on any atom is 0.116 e. The summed E-state index contributed by atoms with van der Waals surface area (Å²) in [6.07, 6.45) is 0.964. The van der Waals surface area contributed by atoms with Crippen LogP contribution in [0.4, 0.5) is 0 Å². The van der Waals surface area contributed by atoms with E-state index in [1.54, 1.807) is 0 Å². The molecule has 1 unspecified atom stereocenters. The first-order chi connectivity index (χ1) is 9.01. The summed E-state index contributed by atoms with van der Waals surface area (Å²) in [4.78, 5) is 0. The first-order valence-corrected chi connectivity index (χ1v) is 6.85. The topological polar surface area (TPSA) is 9.23 Å². The van der Waals surface area contributed by atoms with Gasteiger partial charge in [0.2, 0.25) is 0 Å². The Morgan fingerprint density at radius 1 is 0.842 bits per heavy atom. The molecule has 1 nitrogen and oxygen atoms in total. The van der Waals surface area contributed by atoms with Crippen molar-refractivity contribution in [2.45, 2.75) is 38.4 Å². The molecule has 19 heavy (non-hydrogen) atoms. The summed E-state index contributed by atoms with van der Waals surface area (Å²) in [5, 5.41) is 0. The van der Waals surface area contributed by atoms with Gasteiger partial charge in [-0.1, -0.05) is 54.6 Å². The van der Waals surface area contributed by atoms with E-state index in [1.807, 2.05) is 6.07 Å². The average molecular weight is 252 g/mol. The van der Waals surface area contributed by atoms with E-state index < -0.39 is 0 Å². The molecule has 0 spiro atoms. The highest BCUT2D eigenvalue weighted by molar-refractivity contribution is 5.43. The van der Waals surface area contributed by atoms with E-state index in [-0.39, 0.29) is 11.2 Å². The van der Waals surface area contributed by atoms with Gasteiger partial charge in [0.25, 0.3) is 0 Å². The molecule has 1 aliphatic rings. The van der Waals surface area contributed by atoms with Gasteiger partial charge in [-0.3, -0.25) is 0 Å². The fourth-order valence-corrected chi connectivity index (χ4v) is 3.21. The SMILES string of the molecule is CC1(C)Cc2ccccc2C(C)(c2ccccc2)O1. The maximum atomic E-state index is 6.47. The molecular formula is C18H20O. The molecule has 0 bridgehead atoms. The van der Waals surface area contributed by atoms with Gasteiger partial charge in [0.1, 0.15) is 5.60 Å². The first kappa shape index (κ1) is 12.4. The lowest BCUT2D eigenvalue weighted by atomic mass is 9.78. The van der Waals surface area contributed by atoms with Crippen molar-refractivity contribution in [1.82, 2.24) is 0 Å². The van der Waals surface area contributed by atoms with Gasteiger partial charge < -0.3 is 4.74 Å². The average Bonchev–Trinajstić information content (AvgIpc) is 2.38. The second kappa shape index (κ2) is 4.21. The van der Waals surface area contributed by atoms with Crippen molar-refractivity contribution in [3.05, 3.63) is 71.3 Å². The largest absolute Gasteiger partial charge is 0.360 e. The molecule has 1 heteroatoms. The fraction of sp³-hybridized carbons (Fsp3) is 0.333. The van der Waals surface area contributed by atoms with Crippen LogP contribution in [0.2, 0.25) is 0 Å². The lowest BCUT2D eigenvalue weighted by molar-refractivity contribution is -0.125. The van der Waals surface area contributed by atoms with Crippen LogP contribution in [0.1, 0.15) is 37.5 Å². The van der Waals surface area contributed by atoms with Crippen LogP contribution in [0.5, 0.6) is 0 Å². The molecule has 98 valence electrons. The Morgan fingerprint density at radius 3 is 2.21 bits per heavy atom. The van der Waals surface area contributed by atoms with Crippen molar-refractivity contribution >= 4 is 0 Å². The zero-order valence-corrected chi connectivity index (χ0v) is 11.8. The predicted octanol–water partition coefficient (Wildman–Crippen LogP) is 4.30. The molecule has 2 aromatic carbocycles. The third kappa shape index (κ3) is 2.08. The summed E-state index contributed by atoms with van der Waals surface area (Å²) in [7, 11) is 0. The van der Waals surface area contributed by atoms with Gasteiger partial charge >= 0.3 is 0 Å². The second-order valence-corrected chi connectivity index (χ2v) is 6.09. The zero-order chi connectivity index (χ0) is 13.5. The Balaban J connectivity index is 2.20. The minimum atomic E-state index is -0.362. The normalized spacial score (nSPS) is 24.8. The van der Waals surface area contributed by atoms with Gasteiger partial charge in [-0.15, -0.1) is 0 Å². The molecule has 0 saturated carbocycles. The smallest absolute Gasteiger partial charge is 0.116 e. The van der Waals surface area contributed by atoms with Crippen LogP contribution in [-0.4, -0.2) is 5.60 Å². The van der Waals surface area contributed by atoms with E-state index in [9.17, 15) is 0 Å². The molecule has 0 N–H and O–H groups in total. The monoisotopic (exact) mass is 252 g/mol. The van der Waals surface area contributed by atoms with Crippen molar-refractivity contribution in [3.8, 4) is 0 Å². The Hall–Kier alpha value is -1.60. The summed E-state index contributed by atoms with van der Waals surface area (Å²) in [5.41, 5.74) is 3.40. The predicted molar refractivity (Wildman–Crippen MR) is 78.2 cm³/mol. The molecule has 0 aromatic heterocycles. The Bertz CT molecular complexity index is 586. The van der Waals surface area contributed by atoms with Crippen LogP contribution in [0, 0.1) is 0 Å². The van der Waals surface area contributed by atoms with Crippen molar-refractivity contribution in [2.75, 3.05) is 0 Å². The molecule has 2 aromatic rings. The van der Waals surface area contributed by atoms with Crippen LogP contribution in [0.25, 0.3) is 0 Å². The highest BCUT2D eigenvalue weighted by atomic mass is 16.5. The molecule has 1 aliphatic heterocycles. The standard InChI is InChI=1S/C18H20O/c1-17(2)13-14-9-7-8-12-16(14)18(3,19-17)15-10-5-4-6-11-15/h4-12H,13H2,1-3H3. The van der Waals surface area contributed by atoms with E-state index >= 15 is 0 Å². The summed E-state index contributed by atoms with van der Waals surface area (Å²) in [6.45, 7) is 6.52. The second-order valence-electron chi connectivity index (χ2n) is 6.09. The Labute approximate surface area is 115 Å². The van der Waals surface area contributed by atoms with E-state index in [0.29, 0.717) is 0 Å². The van der Waals surface area contributed by atoms with Gasteiger partial charge in [-0.05, 0) is 37.5 Å². The quantitative estimate of drug-likeness (QED) is 0.735. The van der Waals surface area contributed by atoms with Crippen molar-refractivity contribution < 1.29 is 4.74 Å². The van der Waals surface area contributed by atoms with Crippen molar-refractivity contribution in [3.63, 3.8) is 0 Å². The number of fused-ring (bicyclic) bond motifs is 1. The van der Waals surface area contributed by atoms with Crippen molar-refractivity contribution in [2.24, 2.45) is 0 Å². The number of benzene rings is 2. The summed E-state index contributed by atoms with van der Waals surface area (Å²) in [6, 6.07) is 19.1. The van der Waals surface area contributed by atoms with Crippen molar-refractivity contribution in [1.29, 1.82) is 0 Å². The number of rotatable bonds is 1. The van der Waals surface area contributed by atoms with Crippen LogP contribution >= 0.6 is 0 Å². The zero-order valence-electron chi connectivity index (χ0n) is 11.8. The van der Waals surface area contributed by atoms with Crippen LogP contribution < -0.4 is 0 Å². The number of hydrogen-bond acceptors (Lipinski definition) is 1. The summed E-state index contributed by atoms with van der Waals surface area (Å²) < 4.78 is 6.47. The maximum absolute atomic E-state index is 6.47. The molecular weight excluding hydrogens is 232 g/mol. The molecule has 0 aliphatic carbocycles. The minimum absolute atomic E-state index is 0.140. The minimum Gasteiger partial charge on any atom is -0.360 e. The Morgan fingerprint density at radius 2 is 1.47 bits per heavy atom. The van der Waals surface area contributed by atoms with Crippen LogP contribution in [-0.2, 0) is 16.8 Å². The van der Waals surface area contributed by atoms with Gasteiger partial charge in [-0.2, -0.15) is 0 Å². The lowest BCUT2D eigenvalue weighted by Crippen LogP contribution is -2.44. The summed E-state index contributed by atoms with van der Waals surface area (Å²) in [5.74, 6) is 0. The molecule has 0 amide bonds. The third-order valence-electron chi connectivity index (χ3n) is 3.95. The Kier molecular flexibility index (Phi) is 2.75. The molecule has 0 fully saturated rings. The van der Waals surface area contributed by atoms with Gasteiger partial charge in [0.05, 0.1) is 5.60 Å². The van der Waals surface area contributed by atoms with E-state index in [4.69, 9.17) is 4.74 Å². The van der Waals surface area contributed by atoms with Gasteiger partial charge in [-0.25, -0.2) is 0 Å². The number of hydrogen-bond donors (Lipinski definition) is 0. The van der Waals surface area contributed by atoms with Gasteiger partial charge in [0.15, 0.2) is 0 Å². The first-order valence-electron chi connectivity index (χ1n) is 6.85. The highest BCUT2D eigenvalue weighted by Gasteiger charge is 2.42.